The second-order valence-corrected chi connectivity index (χ2v) is 4.82. The molecule has 3 nitrogen and oxygen atoms in total. The molecule has 1 aromatic rings. The molecule has 1 aromatic carbocycles. The van der Waals surface area contributed by atoms with Crippen LogP contribution in [0.25, 0.3) is 0 Å². The van der Waals surface area contributed by atoms with Crippen molar-refractivity contribution in [3.63, 3.8) is 0 Å². The maximum atomic E-state index is 9.14. The second kappa shape index (κ2) is 4.24. The molecule has 2 unspecified atom stereocenters. The quantitative estimate of drug-likeness (QED) is 0.820. The zero-order chi connectivity index (χ0) is 11.9. The molecular formula is C12H17ClN2O. The van der Waals surface area contributed by atoms with Crippen LogP contribution in [0.4, 0.5) is 5.69 Å². The molecule has 2 rings (SSSR count). The van der Waals surface area contributed by atoms with Crippen LogP contribution in [0.15, 0.2) is 12.1 Å². The van der Waals surface area contributed by atoms with Gasteiger partial charge in [-0.1, -0.05) is 17.7 Å². The number of aliphatic hydroxyl groups is 1. The molecule has 2 atom stereocenters. The van der Waals surface area contributed by atoms with Gasteiger partial charge in [0.1, 0.15) is 0 Å². The number of anilines is 1. The number of fused-ring (bicyclic) bond motifs is 1. The van der Waals surface area contributed by atoms with E-state index >= 15 is 0 Å². The average Bonchev–Trinajstić information content (AvgIpc) is 2.61. The first-order valence-electron chi connectivity index (χ1n) is 5.43. The van der Waals surface area contributed by atoms with Gasteiger partial charge in [0.05, 0.1) is 12.6 Å². The van der Waals surface area contributed by atoms with Crippen molar-refractivity contribution >= 4 is 17.3 Å². The van der Waals surface area contributed by atoms with Gasteiger partial charge in [0, 0.05) is 23.8 Å². The van der Waals surface area contributed by atoms with Gasteiger partial charge in [-0.2, -0.15) is 0 Å². The first kappa shape index (κ1) is 11.7. The van der Waals surface area contributed by atoms with Crippen LogP contribution in [-0.2, 0) is 6.42 Å². The van der Waals surface area contributed by atoms with Gasteiger partial charge in [0.2, 0.25) is 0 Å². The Morgan fingerprint density at radius 2 is 2.31 bits per heavy atom. The van der Waals surface area contributed by atoms with Gasteiger partial charge in [0.15, 0.2) is 0 Å². The fourth-order valence-electron chi connectivity index (χ4n) is 2.48. The van der Waals surface area contributed by atoms with Crippen LogP contribution < -0.4 is 10.6 Å². The van der Waals surface area contributed by atoms with E-state index in [1.807, 2.05) is 26.1 Å². The summed E-state index contributed by atoms with van der Waals surface area (Å²) in [6.07, 6.45) is 0.881. The van der Waals surface area contributed by atoms with Crippen LogP contribution in [-0.4, -0.2) is 30.8 Å². The number of hydrogen-bond acceptors (Lipinski definition) is 3. The molecule has 0 radical (unpaired) electrons. The number of nitrogens with two attached hydrogens (primary N) is 1. The smallest absolute Gasteiger partial charge is 0.0602 e. The molecule has 16 heavy (non-hydrogen) atoms. The normalized spacial score (nSPS) is 21.1. The minimum atomic E-state index is -0.212. The lowest BCUT2D eigenvalue weighted by atomic mass is 10.0. The lowest BCUT2D eigenvalue weighted by molar-refractivity contribution is 0.249. The van der Waals surface area contributed by atoms with Gasteiger partial charge >= 0.3 is 0 Å². The number of aliphatic hydroxyl groups excluding tert-OH is 1. The third-order valence-electron chi connectivity index (χ3n) is 3.43. The molecule has 88 valence electrons. The molecule has 1 heterocycles. The number of rotatable bonds is 2. The molecule has 1 aliphatic heterocycles. The molecule has 0 amide bonds. The van der Waals surface area contributed by atoms with Crippen molar-refractivity contribution in [2.45, 2.75) is 25.4 Å². The van der Waals surface area contributed by atoms with E-state index in [9.17, 15) is 0 Å². The molecule has 0 saturated carbocycles. The summed E-state index contributed by atoms with van der Waals surface area (Å²) in [5, 5.41) is 9.92. The maximum Gasteiger partial charge on any atom is 0.0602 e. The van der Waals surface area contributed by atoms with E-state index in [0.717, 1.165) is 17.0 Å². The Morgan fingerprint density at radius 1 is 1.62 bits per heavy atom. The monoisotopic (exact) mass is 240 g/mol. The second-order valence-electron chi connectivity index (χ2n) is 4.41. The highest BCUT2D eigenvalue weighted by Gasteiger charge is 2.32. The van der Waals surface area contributed by atoms with Crippen molar-refractivity contribution in [1.82, 2.24) is 0 Å². The third-order valence-corrected chi connectivity index (χ3v) is 3.84. The van der Waals surface area contributed by atoms with Gasteiger partial charge in [-0.3, -0.25) is 0 Å². The summed E-state index contributed by atoms with van der Waals surface area (Å²) in [5.41, 5.74) is 9.43. The Hall–Kier alpha value is -0.770. The SMILES string of the molecule is Cc1c(Cl)ccc2c1N(C)C(C(N)CO)C2. The van der Waals surface area contributed by atoms with E-state index in [0.29, 0.717) is 0 Å². The molecular weight excluding hydrogens is 224 g/mol. The molecule has 0 fully saturated rings. The van der Waals surface area contributed by atoms with E-state index in [1.165, 1.54) is 11.3 Å². The lowest BCUT2D eigenvalue weighted by Crippen LogP contribution is -2.46. The highest BCUT2D eigenvalue weighted by atomic mass is 35.5. The summed E-state index contributed by atoms with van der Waals surface area (Å²) in [4.78, 5) is 2.14. The van der Waals surface area contributed by atoms with Gasteiger partial charge in [-0.05, 0) is 30.5 Å². The summed E-state index contributed by atoms with van der Waals surface area (Å²) in [6.45, 7) is 2.03. The molecule has 0 aliphatic carbocycles. The third kappa shape index (κ3) is 1.69. The van der Waals surface area contributed by atoms with Gasteiger partial charge in [-0.25, -0.2) is 0 Å². The fourth-order valence-corrected chi connectivity index (χ4v) is 2.63. The van der Waals surface area contributed by atoms with Crippen LogP contribution in [0.5, 0.6) is 0 Å². The summed E-state index contributed by atoms with van der Waals surface area (Å²) in [6, 6.07) is 3.93. The fraction of sp³-hybridized carbons (Fsp3) is 0.500. The summed E-state index contributed by atoms with van der Waals surface area (Å²) in [7, 11) is 2.01. The van der Waals surface area contributed by atoms with Crippen LogP contribution >= 0.6 is 11.6 Å². The van der Waals surface area contributed by atoms with Gasteiger partial charge < -0.3 is 15.7 Å². The first-order valence-corrected chi connectivity index (χ1v) is 5.81. The van der Waals surface area contributed by atoms with E-state index in [2.05, 4.69) is 4.90 Å². The predicted molar refractivity (Wildman–Crippen MR) is 67.1 cm³/mol. The topological polar surface area (TPSA) is 49.5 Å². The largest absolute Gasteiger partial charge is 0.395 e. The molecule has 0 saturated heterocycles. The maximum absolute atomic E-state index is 9.14. The molecule has 0 spiro atoms. The van der Waals surface area contributed by atoms with Crippen LogP contribution in [0.1, 0.15) is 11.1 Å². The molecule has 1 aliphatic rings. The zero-order valence-corrected chi connectivity index (χ0v) is 10.3. The summed E-state index contributed by atoms with van der Waals surface area (Å²) >= 11 is 6.11. The van der Waals surface area contributed by atoms with Gasteiger partial charge in [-0.15, -0.1) is 0 Å². The van der Waals surface area contributed by atoms with Gasteiger partial charge in [0.25, 0.3) is 0 Å². The van der Waals surface area contributed by atoms with Crippen LogP contribution in [0.2, 0.25) is 5.02 Å². The van der Waals surface area contributed by atoms with Crippen molar-refractivity contribution in [3.05, 3.63) is 28.3 Å². The van der Waals surface area contributed by atoms with Crippen molar-refractivity contribution in [2.24, 2.45) is 5.73 Å². The van der Waals surface area contributed by atoms with Crippen LogP contribution in [0, 0.1) is 6.92 Å². The van der Waals surface area contributed by atoms with E-state index < -0.39 is 0 Å². The van der Waals surface area contributed by atoms with Crippen LogP contribution in [0.3, 0.4) is 0 Å². The zero-order valence-electron chi connectivity index (χ0n) is 9.57. The van der Waals surface area contributed by atoms with Crippen molar-refractivity contribution in [3.8, 4) is 0 Å². The number of hydrogen-bond donors (Lipinski definition) is 2. The Balaban J connectivity index is 2.39. The predicted octanol–water partition coefficient (Wildman–Crippen LogP) is 1.33. The van der Waals surface area contributed by atoms with E-state index in [1.54, 1.807) is 0 Å². The first-order chi connectivity index (χ1) is 7.56. The Bertz CT molecular complexity index is 408. The minimum Gasteiger partial charge on any atom is -0.395 e. The molecule has 0 bridgehead atoms. The minimum absolute atomic E-state index is 0.00970. The molecule has 0 aromatic heterocycles. The van der Waals surface area contributed by atoms with Crippen molar-refractivity contribution in [1.29, 1.82) is 0 Å². The highest BCUT2D eigenvalue weighted by molar-refractivity contribution is 6.31. The standard InChI is InChI=1S/C12H17ClN2O/c1-7-9(13)4-3-8-5-11(10(14)6-16)15(2)12(7)8/h3-4,10-11,16H,5-6,14H2,1-2H3. The summed E-state index contributed by atoms with van der Waals surface area (Å²) < 4.78 is 0. The van der Waals surface area contributed by atoms with Crippen molar-refractivity contribution in [2.75, 3.05) is 18.6 Å². The Kier molecular flexibility index (Phi) is 3.10. The van der Waals surface area contributed by atoms with Crippen molar-refractivity contribution < 1.29 is 5.11 Å². The van der Waals surface area contributed by atoms with E-state index in [4.69, 9.17) is 22.4 Å². The number of benzene rings is 1. The number of halogens is 1. The molecule has 4 heteroatoms. The Labute approximate surface area is 101 Å². The summed E-state index contributed by atoms with van der Waals surface area (Å²) in [5.74, 6) is 0. The Morgan fingerprint density at radius 3 is 2.94 bits per heavy atom. The number of likely N-dealkylation sites (N-methyl/N-ethyl adjacent to an activating group) is 1. The highest BCUT2D eigenvalue weighted by Crippen LogP contribution is 2.37. The number of nitrogens with zero attached hydrogens (tertiary/aromatic N) is 1. The average molecular weight is 241 g/mol. The lowest BCUT2D eigenvalue weighted by Gasteiger charge is -2.27. The van der Waals surface area contributed by atoms with E-state index in [-0.39, 0.29) is 18.7 Å². The molecule has 3 N–H and O–H groups in total.